The molecular formula is C21H24N4O. The summed E-state index contributed by atoms with van der Waals surface area (Å²) in [5.74, 6) is 0.125. The quantitative estimate of drug-likeness (QED) is 0.685. The summed E-state index contributed by atoms with van der Waals surface area (Å²) < 4.78 is 1.94. The first-order chi connectivity index (χ1) is 12.6. The molecule has 0 fully saturated rings. The van der Waals surface area contributed by atoms with Crippen LogP contribution < -0.4 is 0 Å². The molecule has 0 N–H and O–H groups in total. The van der Waals surface area contributed by atoms with Gasteiger partial charge in [0, 0.05) is 43.7 Å². The van der Waals surface area contributed by atoms with Crippen molar-refractivity contribution in [3.8, 4) is 5.69 Å². The Morgan fingerprint density at radius 2 is 1.88 bits per heavy atom. The molecule has 3 rings (SSSR count). The number of pyridine rings is 1. The Balaban J connectivity index is 1.68. The van der Waals surface area contributed by atoms with Gasteiger partial charge in [0.1, 0.15) is 0 Å². The highest BCUT2D eigenvalue weighted by atomic mass is 16.2. The third kappa shape index (κ3) is 3.99. The highest BCUT2D eigenvalue weighted by Gasteiger charge is 2.17. The van der Waals surface area contributed by atoms with Crippen LogP contribution in [0.25, 0.3) is 5.69 Å². The molecule has 0 aliphatic rings. The highest BCUT2D eigenvalue weighted by molar-refractivity contribution is 5.76. The lowest BCUT2D eigenvalue weighted by Gasteiger charge is -2.17. The average Bonchev–Trinajstić information content (AvgIpc) is 2.95. The lowest BCUT2D eigenvalue weighted by Crippen LogP contribution is -2.27. The minimum Gasteiger partial charge on any atom is -0.341 e. The fourth-order valence-corrected chi connectivity index (χ4v) is 3.04. The van der Waals surface area contributed by atoms with E-state index in [-0.39, 0.29) is 5.91 Å². The number of carbonyl (C=O) groups is 1. The lowest BCUT2D eigenvalue weighted by molar-refractivity contribution is -0.130. The molecule has 0 aliphatic heterocycles. The van der Waals surface area contributed by atoms with Crippen LogP contribution in [-0.2, 0) is 17.8 Å². The molecule has 0 bridgehead atoms. The number of rotatable bonds is 6. The van der Waals surface area contributed by atoms with Crippen LogP contribution in [0, 0.1) is 13.8 Å². The molecule has 2 aromatic heterocycles. The van der Waals surface area contributed by atoms with E-state index >= 15 is 0 Å². The predicted octanol–water partition coefficient (Wildman–Crippen LogP) is 3.48. The summed E-state index contributed by atoms with van der Waals surface area (Å²) in [6, 6.07) is 14.0. The maximum Gasteiger partial charge on any atom is 0.222 e. The third-order valence-corrected chi connectivity index (χ3v) is 4.61. The van der Waals surface area contributed by atoms with Crippen molar-refractivity contribution in [1.82, 2.24) is 19.7 Å². The molecule has 26 heavy (non-hydrogen) atoms. The van der Waals surface area contributed by atoms with Crippen molar-refractivity contribution < 1.29 is 4.79 Å². The van der Waals surface area contributed by atoms with Crippen molar-refractivity contribution >= 4 is 5.91 Å². The number of aromatic nitrogens is 3. The Morgan fingerprint density at radius 3 is 2.58 bits per heavy atom. The number of hydrogen-bond acceptors (Lipinski definition) is 3. The van der Waals surface area contributed by atoms with Crippen molar-refractivity contribution in [3.05, 3.63) is 77.4 Å². The standard InChI is InChI=1S/C21H24N4O/c1-16-20(17(2)25(23-16)19-9-5-4-6-10-19)15-24(3)21(26)12-11-18-8-7-13-22-14-18/h4-10,13-14H,11-12,15H2,1-3H3. The Labute approximate surface area is 154 Å². The van der Waals surface area contributed by atoms with Crippen LogP contribution in [0.5, 0.6) is 0 Å². The van der Waals surface area contributed by atoms with Gasteiger partial charge in [-0.15, -0.1) is 0 Å². The van der Waals surface area contributed by atoms with E-state index in [2.05, 4.69) is 17.0 Å². The van der Waals surface area contributed by atoms with E-state index < -0.39 is 0 Å². The third-order valence-electron chi connectivity index (χ3n) is 4.61. The minimum atomic E-state index is 0.125. The van der Waals surface area contributed by atoms with Gasteiger partial charge in [-0.2, -0.15) is 5.10 Å². The van der Waals surface area contributed by atoms with Gasteiger partial charge in [0.15, 0.2) is 0 Å². The molecule has 1 amide bonds. The normalized spacial score (nSPS) is 10.7. The Hall–Kier alpha value is -2.95. The maximum absolute atomic E-state index is 12.5. The van der Waals surface area contributed by atoms with Crippen molar-refractivity contribution in [2.24, 2.45) is 0 Å². The minimum absolute atomic E-state index is 0.125. The van der Waals surface area contributed by atoms with Gasteiger partial charge in [-0.1, -0.05) is 24.3 Å². The molecule has 3 aromatic rings. The molecule has 5 heteroatoms. The van der Waals surface area contributed by atoms with Crippen molar-refractivity contribution in [1.29, 1.82) is 0 Å². The molecule has 0 unspecified atom stereocenters. The van der Waals surface area contributed by atoms with Crippen LogP contribution in [0.3, 0.4) is 0 Å². The second-order valence-corrected chi connectivity index (χ2v) is 6.51. The summed E-state index contributed by atoms with van der Waals surface area (Å²) in [6.45, 7) is 4.61. The van der Waals surface area contributed by atoms with Crippen LogP contribution in [0.1, 0.15) is 28.9 Å². The number of para-hydroxylation sites is 1. The van der Waals surface area contributed by atoms with E-state index in [1.54, 1.807) is 11.1 Å². The van der Waals surface area contributed by atoms with Gasteiger partial charge in [0.2, 0.25) is 5.91 Å². The molecule has 0 radical (unpaired) electrons. The van der Waals surface area contributed by atoms with Crippen molar-refractivity contribution in [2.45, 2.75) is 33.2 Å². The van der Waals surface area contributed by atoms with Crippen LogP contribution in [0.15, 0.2) is 54.9 Å². The van der Waals surface area contributed by atoms with Crippen LogP contribution in [-0.4, -0.2) is 32.6 Å². The number of hydrogen-bond donors (Lipinski definition) is 0. The Bertz CT molecular complexity index is 872. The summed E-state index contributed by atoms with van der Waals surface area (Å²) in [6.07, 6.45) is 4.74. The lowest BCUT2D eigenvalue weighted by atomic mass is 10.1. The fourth-order valence-electron chi connectivity index (χ4n) is 3.04. The fraction of sp³-hybridized carbons (Fsp3) is 0.286. The zero-order valence-corrected chi connectivity index (χ0v) is 15.5. The molecule has 0 saturated carbocycles. The molecule has 0 spiro atoms. The van der Waals surface area contributed by atoms with E-state index in [1.807, 2.05) is 67.3 Å². The molecule has 0 atom stereocenters. The zero-order chi connectivity index (χ0) is 18.5. The van der Waals surface area contributed by atoms with Gasteiger partial charge in [-0.3, -0.25) is 9.78 Å². The molecule has 1 aromatic carbocycles. The Kier molecular flexibility index (Phi) is 5.46. The number of nitrogens with zero attached hydrogens (tertiary/aromatic N) is 4. The molecule has 0 aliphatic carbocycles. The van der Waals surface area contributed by atoms with E-state index in [0.29, 0.717) is 19.4 Å². The monoisotopic (exact) mass is 348 g/mol. The molecule has 5 nitrogen and oxygen atoms in total. The van der Waals surface area contributed by atoms with Gasteiger partial charge >= 0.3 is 0 Å². The first-order valence-corrected chi connectivity index (χ1v) is 8.79. The second-order valence-electron chi connectivity index (χ2n) is 6.51. The van der Waals surface area contributed by atoms with E-state index in [9.17, 15) is 4.79 Å². The topological polar surface area (TPSA) is 51.0 Å². The van der Waals surface area contributed by atoms with Gasteiger partial charge < -0.3 is 4.90 Å². The van der Waals surface area contributed by atoms with Crippen LogP contribution >= 0.6 is 0 Å². The largest absolute Gasteiger partial charge is 0.341 e. The summed E-state index contributed by atoms with van der Waals surface area (Å²) in [4.78, 5) is 18.4. The summed E-state index contributed by atoms with van der Waals surface area (Å²) in [5, 5.41) is 4.66. The molecule has 0 saturated heterocycles. The van der Waals surface area contributed by atoms with Crippen molar-refractivity contribution in [2.75, 3.05) is 7.05 Å². The van der Waals surface area contributed by atoms with Gasteiger partial charge in [-0.05, 0) is 44.0 Å². The number of benzene rings is 1. The number of carbonyl (C=O) groups excluding carboxylic acids is 1. The smallest absolute Gasteiger partial charge is 0.222 e. The first kappa shape index (κ1) is 17.9. The first-order valence-electron chi connectivity index (χ1n) is 8.79. The van der Waals surface area contributed by atoms with Gasteiger partial charge in [-0.25, -0.2) is 4.68 Å². The predicted molar refractivity (Wildman–Crippen MR) is 102 cm³/mol. The maximum atomic E-state index is 12.5. The average molecular weight is 348 g/mol. The molecule has 2 heterocycles. The SMILES string of the molecule is Cc1nn(-c2ccccc2)c(C)c1CN(C)C(=O)CCc1cccnc1. The van der Waals surface area contributed by atoms with E-state index in [0.717, 1.165) is 28.2 Å². The number of amides is 1. The van der Waals surface area contributed by atoms with Gasteiger partial charge in [0.05, 0.1) is 11.4 Å². The number of aryl methyl sites for hydroxylation is 2. The van der Waals surface area contributed by atoms with Crippen molar-refractivity contribution in [3.63, 3.8) is 0 Å². The van der Waals surface area contributed by atoms with E-state index in [1.165, 1.54) is 0 Å². The molecule has 134 valence electrons. The summed E-state index contributed by atoms with van der Waals surface area (Å²) in [5.41, 5.74) is 5.24. The molecular weight excluding hydrogens is 324 g/mol. The van der Waals surface area contributed by atoms with Crippen LogP contribution in [0.4, 0.5) is 0 Å². The summed E-state index contributed by atoms with van der Waals surface area (Å²) >= 11 is 0. The second kappa shape index (κ2) is 7.95. The van der Waals surface area contributed by atoms with Gasteiger partial charge in [0.25, 0.3) is 0 Å². The highest BCUT2D eigenvalue weighted by Crippen LogP contribution is 2.19. The van der Waals surface area contributed by atoms with E-state index in [4.69, 9.17) is 0 Å². The summed E-state index contributed by atoms with van der Waals surface area (Å²) in [7, 11) is 1.85. The zero-order valence-electron chi connectivity index (χ0n) is 15.5. The van der Waals surface area contributed by atoms with Crippen LogP contribution in [0.2, 0.25) is 0 Å². The Morgan fingerprint density at radius 1 is 1.12 bits per heavy atom.